The van der Waals surface area contributed by atoms with Gasteiger partial charge in [-0.25, -0.2) is 0 Å². The SMILES string of the molecule is COC[C@@H]1C[C@H]2C(=O)[C@@H]3C[C@@H](C)[C@]2(O3)[C@@H]2C[C@](C)(O)C(OC)(OC)[C@@]2(O)C1. The molecule has 0 aromatic heterocycles. The van der Waals surface area contributed by atoms with E-state index in [1.807, 2.05) is 0 Å². The van der Waals surface area contributed by atoms with Gasteiger partial charge in [-0.3, -0.25) is 4.79 Å². The molecule has 2 aliphatic carbocycles. The van der Waals surface area contributed by atoms with Crippen LogP contribution in [0.4, 0.5) is 0 Å². The number of ketones is 1. The summed E-state index contributed by atoms with van der Waals surface area (Å²) in [5.74, 6) is -2.21. The van der Waals surface area contributed by atoms with Gasteiger partial charge in [-0.2, -0.15) is 0 Å². The van der Waals surface area contributed by atoms with Crippen molar-refractivity contribution < 1.29 is 34.0 Å². The average Bonchev–Trinajstić information content (AvgIpc) is 3.10. The molecule has 4 fully saturated rings. The number of carbonyl (C=O) groups is 1. The highest BCUT2D eigenvalue weighted by atomic mass is 16.7. The largest absolute Gasteiger partial charge is 0.384 e. The summed E-state index contributed by atoms with van der Waals surface area (Å²) in [7, 11) is 4.52. The van der Waals surface area contributed by atoms with Crippen LogP contribution in [0.25, 0.3) is 0 Å². The molecule has 2 N–H and O–H groups in total. The van der Waals surface area contributed by atoms with Crippen molar-refractivity contribution in [1.82, 2.24) is 0 Å². The Kier molecular flexibility index (Phi) is 4.36. The van der Waals surface area contributed by atoms with E-state index in [9.17, 15) is 15.0 Å². The first-order valence-electron chi connectivity index (χ1n) is 9.89. The molecule has 8 atom stereocenters. The van der Waals surface area contributed by atoms with Crippen LogP contribution in [-0.2, 0) is 23.7 Å². The summed E-state index contributed by atoms with van der Waals surface area (Å²) < 4.78 is 23.2. The Balaban J connectivity index is 1.92. The zero-order valence-electron chi connectivity index (χ0n) is 16.9. The van der Waals surface area contributed by atoms with Crippen LogP contribution in [0, 0.1) is 23.7 Å². The molecule has 2 saturated heterocycles. The van der Waals surface area contributed by atoms with Crippen LogP contribution < -0.4 is 0 Å². The molecule has 4 aliphatic rings. The fraction of sp³-hybridized carbons (Fsp3) is 0.950. The minimum Gasteiger partial charge on any atom is -0.384 e. The Bertz CT molecular complexity index is 630. The molecule has 27 heavy (non-hydrogen) atoms. The van der Waals surface area contributed by atoms with Gasteiger partial charge in [-0.1, -0.05) is 6.92 Å². The van der Waals surface area contributed by atoms with E-state index >= 15 is 0 Å². The smallest absolute Gasteiger partial charge is 0.226 e. The predicted molar refractivity (Wildman–Crippen MR) is 94.9 cm³/mol. The zero-order valence-corrected chi connectivity index (χ0v) is 16.9. The van der Waals surface area contributed by atoms with Crippen LogP contribution in [-0.4, -0.2) is 72.6 Å². The van der Waals surface area contributed by atoms with Gasteiger partial charge in [0.25, 0.3) is 0 Å². The number of Topliss-reactive ketones (excluding diaryl/α,β-unsaturated/α-hetero) is 1. The van der Waals surface area contributed by atoms with Gasteiger partial charge in [-0.15, -0.1) is 0 Å². The first-order valence-corrected chi connectivity index (χ1v) is 9.89. The van der Waals surface area contributed by atoms with Crippen molar-refractivity contribution in [2.75, 3.05) is 27.9 Å². The topological polar surface area (TPSA) is 94.5 Å². The van der Waals surface area contributed by atoms with E-state index in [1.54, 1.807) is 14.0 Å². The minimum atomic E-state index is -1.60. The fourth-order valence-electron chi connectivity index (χ4n) is 7.23. The summed E-state index contributed by atoms with van der Waals surface area (Å²) in [5, 5.41) is 23.5. The van der Waals surface area contributed by atoms with E-state index in [-0.39, 0.29) is 30.0 Å². The van der Waals surface area contributed by atoms with Crippen molar-refractivity contribution in [2.24, 2.45) is 23.7 Å². The lowest BCUT2D eigenvalue weighted by atomic mass is 9.62. The lowest BCUT2D eigenvalue weighted by molar-refractivity contribution is -0.353. The number of hydrogen-bond donors (Lipinski definition) is 2. The Hall–Kier alpha value is -0.570. The molecule has 2 saturated carbocycles. The van der Waals surface area contributed by atoms with E-state index < -0.39 is 34.6 Å². The first-order chi connectivity index (χ1) is 12.6. The van der Waals surface area contributed by atoms with Gasteiger partial charge in [-0.05, 0) is 44.4 Å². The van der Waals surface area contributed by atoms with E-state index in [0.717, 1.165) is 0 Å². The number of fused-ring (bicyclic) bond motifs is 2. The lowest BCUT2D eigenvalue weighted by Crippen LogP contribution is -2.66. The third-order valence-corrected chi connectivity index (χ3v) is 8.04. The Morgan fingerprint density at radius 1 is 1.15 bits per heavy atom. The van der Waals surface area contributed by atoms with Gasteiger partial charge < -0.3 is 29.2 Å². The van der Waals surface area contributed by atoms with E-state index in [4.69, 9.17) is 18.9 Å². The normalized spacial score (nSPS) is 53.3. The molecule has 2 heterocycles. The van der Waals surface area contributed by atoms with E-state index in [2.05, 4.69) is 6.92 Å². The van der Waals surface area contributed by atoms with Crippen LogP contribution in [0.3, 0.4) is 0 Å². The fourth-order valence-corrected chi connectivity index (χ4v) is 7.23. The summed E-state index contributed by atoms with van der Waals surface area (Å²) in [4.78, 5) is 13.0. The highest BCUT2D eigenvalue weighted by Crippen LogP contribution is 2.68. The molecular formula is C20H32O7. The zero-order chi connectivity index (χ0) is 19.8. The van der Waals surface area contributed by atoms with Gasteiger partial charge in [0.2, 0.25) is 5.79 Å². The summed E-state index contributed by atoms with van der Waals surface area (Å²) in [6.07, 6.45) is 1.41. The summed E-state index contributed by atoms with van der Waals surface area (Å²) in [6, 6.07) is 0. The van der Waals surface area contributed by atoms with Crippen molar-refractivity contribution in [3.63, 3.8) is 0 Å². The number of ether oxygens (including phenoxy) is 4. The van der Waals surface area contributed by atoms with Crippen LogP contribution in [0.5, 0.6) is 0 Å². The minimum absolute atomic E-state index is 0.0652. The molecule has 0 radical (unpaired) electrons. The molecule has 4 rings (SSSR count). The third kappa shape index (κ3) is 2.11. The predicted octanol–water partition coefficient (Wildman–Crippen LogP) is 0.897. The lowest BCUT2D eigenvalue weighted by Gasteiger charge is -2.49. The van der Waals surface area contributed by atoms with Crippen LogP contribution >= 0.6 is 0 Å². The highest BCUT2D eigenvalue weighted by molar-refractivity contribution is 5.90. The van der Waals surface area contributed by atoms with Crippen molar-refractivity contribution in [1.29, 1.82) is 0 Å². The number of carbonyl (C=O) groups excluding carboxylic acids is 1. The van der Waals surface area contributed by atoms with Crippen LogP contribution in [0.1, 0.15) is 39.5 Å². The molecule has 0 amide bonds. The third-order valence-electron chi connectivity index (χ3n) is 8.04. The Morgan fingerprint density at radius 2 is 1.81 bits per heavy atom. The van der Waals surface area contributed by atoms with Crippen molar-refractivity contribution in [3.05, 3.63) is 0 Å². The molecule has 154 valence electrons. The molecule has 7 heteroatoms. The molecule has 0 aromatic carbocycles. The molecule has 1 spiro atoms. The summed E-state index contributed by atoms with van der Waals surface area (Å²) in [5.41, 5.74) is -3.75. The van der Waals surface area contributed by atoms with Crippen molar-refractivity contribution in [2.45, 2.75) is 68.2 Å². The van der Waals surface area contributed by atoms with Gasteiger partial charge >= 0.3 is 0 Å². The molecule has 0 unspecified atom stereocenters. The molecule has 0 aromatic rings. The number of rotatable bonds is 4. The highest BCUT2D eigenvalue weighted by Gasteiger charge is 2.81. The number of aliphatic hydroxyl groups is 2. The standard InChI is InChI=1S/C20H32O7/c1-11-6-14-16(21)13-7-12(10-24-3)8-18(23)15(19(11,13)27-14)9-17(2,22)20(18,25-4)26-5/h11-15,22-23H,6-10H2,1-5H3/t11-,12-,13+,14+,15-,17+,18-,19-/m1/s1. The van der Waals surface area contributed by atoms with Crippen molar-refractivity contribution in [3.8, 4) is 0 Å². The quantitative estimate of drug-likeness (QED) is 0.696. The second-order valence-corrected chi connectivity index (χ2v) is 9.29. The summed E-state index contributed by atoms with van der Waals surface area (Å²) in [6.45, 7) is 4.14. The Morgan fingerprint density at radius 3 is 2.41 bits per heavy atom. The average molecular weight is 384 g/mol. The van der Waals surface area contributed by atoms with Crippen molar-refractivity contribution >= 4 is 5.78 Å². The maximum Gasteiger partial charge on any atom is 0.226 e. The molecule has 2 aliphatic heterocycles. The van der Waals surface area contributed by atoms with E-state index in [1.165, 1.54) is 14.2 Å². The maximum atomic E-state index is 13.0. The second-order valence-electron chi connectivity index (χ2n) is 9.29. The van der Waals surface area contributed by atoms with Gasteiger partial charge in [0, 0.05) is 33.9 Å². The molecule has 7 nitrogen and oxygen atoms in total. The maximum absolute atomic E-state index is 13.0. The molecule has 2 bridgehead atoms. The van der Waals surface area contributed by atoms with Crippen LogP contribution in [0.15, 0.2) is 0 Å². The molecular weight excluding hydrogens is 352 g/mol. The van der Waals surface area contributed by atoms with Crippen LogP contribution in [0.2, 0.25) is 0 Å². The summed E-state index contributed by atoms with van der Waals surface area (Å²) >= 11 is 0. The number of methoxy groups -OCH3 is 3. The van der Waals surface area contributed by atoms with Gasteiger partial charge in [0.1, 0.15) is 17.3 Å². The Labute approximate surface area is 160 Å². The van der Waals surface area contributed by atoms with Gasteiger partial charge in [0.05, 0.1) is 11.5 Å². The first kappa shape index (κ1) is 19.7. The van der Waals surface area contributed by atoms with Gasteiger partial charge in [0.15, 0.2) is 5.78 Å². The number of hydrogen-bond acceptors (Lipinski definition) is 7. The monoisotopic (exact) mass is 384 g/mol. The van der Waals surface area contributed by atoms with E-state index in [0.29, 0.717) is 25.9 Å². The second kappa shape index (κ2) is 5.97.